The molecule has 0 fully saturated rings. The van der Waals surface area contributed by atoms with Gasteiger partial charge in [-0.1, -0.05) is 58.1 Å². The van der Waals surface area contributed by atoms with Crippen LogP contribution in [0.3, 0.4) is 0 Å². The van der Waals surface area contributed by atoms with E-state index < -0.39 is 0 Å². The van der Waals surface area contributed by atoms with Crippen LogP contribution in [-0.4, -0.2) is 13.1 Å². The number of rotatable bonds is 10. The van der Waals surface area contributed by atoms with Gasteiger partial charge in [0.25, 0.3) is 0 Å². The van der Waals surface area contributed by atoms with E-state index >= 15 is 0 Å². The van der Waals surface area contributed by atoms with E-state index in [1.54, 1.807) is 6.08 Å². The zero-order chi connectivity index (χ0) is 20.8. The van der Waals surface area contributed by atoms with Crippen LogP contribution in [0.4, 0.5) is 5.69 Å². The van der Waals surface area contributed by atoms with E-state index in [4.69, 9.17) is 17.4 Å². The number of nitrogens with zero attached hydrogens (tertiary/aromatic N) is 1. The number of thiol groups is 1. The Bertz CT molecular complexity index is 659. The molecule has 0 aliphatic rings. The quantitative estimate of drug-likeness (QED) is 0.251. The van der Waals surface area contributed by atoms with E-state index in [-0.39, 0.29) is 0 Å². The van der Waals surface area contributed by atoms with E-state index in [1.807, 2.05) is 52.0 Å². The van der Waals surface area contributed by atoms with E-state index in [0.29, 0.717) is 0 Å². The van der Waals surface area contributed by atoms with Gasteiger partial charge in [-0.3, -0.25) is 0 Å². The van der Waals surface area contributed by atoms with Crippen molar-refractivity contribution >= 4 is 23.9 Å². The molecule has 0 aliphatic heterocycles. The summed E-state index contributed by atoms with van der Waals surface area (Å²) in [7, 11) is 0. The number of unbranched alkanes of at least 4 members (excludes halogenated alkanes) is 1. The molecule has 150 valence electrons. The number of anilines is 1. The van der Waals surface area contributed by atoms with Gasteiger partial charge in [0.15, 0.2) is 5.75 Å². The molecule has 0 radical (unpaired) electrons. The van der Waals surface area contributed by atoms with Gasteiger partial charge in [0.05, 0.1) is 5.69 Å². The number of hydrogen-bond donors (Lipinski definition) is 1. The topological polar surface area (TPSA) is 12.5 Å². The Morgan fingerprint density at radius 3 is 2.41 bits per heavy atom. The lowest BCUT2D eigenvalue weighted by Crippen LogP contribution is -2.24. The van der Waals surface area contributed by atoms with E-state index in [2.05, 4.69) is 38.0 Å². The molecule has 1 aromatic rings. The summed E-state index contributed by atoms with van der Waals surface area (Å²) < 4.78 is 6.20. The maximum absolute atomic E-state index is 6.20. The molecule has 27 heavy (non-hydrogen) atoms. The molecule has 0 saturated carbocycles. The molecule has 1 rings (SSSR count). The molecule has 0 saturated heterocycles. The van der Waals surface area contributed by atoms with Crippen molar-refractivity contribution in [2.24, 2.45) is 0 Å². The van der Waals surface area contributed by atoms with Crippen LogP contribution in [0.25, 0.3) is 5.57 Å². The van der Waals surface area contributed by atoms with Gasteiger partial charge < -0.3 is 9.64 Å². The number of benzene rings is 1. The second-order valence-electron chi connectivity index (χ2n) is 5.95. The average Bonchev–Trinajstić information content (AvgIpc) is 2.68. The monoisotopic (exact) mass is 387 g/mol. The maximum atomic E-state index is 6.20. The van der Waals surface area contributed by atoms with Crippen LogP contribution < -0.4 is 9.64 Å². The van der Waals surface area contributed by atoms with E-state index in [9.17, 15) is 0 Å². The van der Waals surface area contributed by atoms with Crippen LogP contribution >= 0.6 is 12.6 Å². The Hall–Kier alpha value is -1.87. The van der Waals surface area contributed by atoms with Gasteiger partial charge in [-0.05, 0) is 57.0 Å². The summed E-state index contributed by atoms with van der Waals surface area (Å²) in [5.41, 5.74) is 3.17. The number of hydrogen-bond acceptors (Lipinski definition) is 3. The minimum Gasteiger partial charge on any atom is -0.454 e. The standard InChI is InChI=1S/C22H31NOS.C2H6/c1-7-11-13-19(9-3)24-22-20(23(10-4)14-12-8-2)15-18(17(5)6)16-21(22)25;1-2/h7,9,11,13,15-16,25H,1,5,8,10,12,14H2,2-4,6H3;1-2H3/b13-11-,19-9+;. The summed E-state index contributed by atoms with van der Waals surface area (Å²) in [4.78, 5) is 3.16. The highest BCUT2D eigenvalue weighted by atomic mass is 32.1. The molecule has 2 nitrogen and oxygen atoms in total. The third kappa shape index (κ3) is 8.13. The zero-order valence-electron chi connectivity index (χ0n) is 18.0. The lowest BCUT2D eigenvalue weighted by Gasteiger charge is -2.27. The summed E-state index contributed by atoms with van der Waals surface area (Å²) in [6.07, 6.45) is 9.73. The Morgan fingerprint density at radius 1 is 1.26 bits per heavy atom. The predicted octanol–water partition coefficient (Wildman–Crippen LogP) is 7.69. The van der Waals surface area contributed by atoms with Gasteiger partial charge >= 0.3 is 0 Å². The number of allylic oxidation sites excluding steroid dienone is 5. The molecule has 3 heteroatoms. The first-order valence-corrected chi connectivity index (χ1v) is 10.3. The number of ether oxygens (including phenoxy) is 1. The molecule has 0 atom stereocenters. The Morgan fingerprint density at radius 2 is 1.93 bits per heavy atom. The molecule has 0 aromatic heterocycles. The van der Waals surface area contributed by atoms with E-state index in [0.717, 1.165) is 59.2 Å². The lowest BCUT2D eigenvalue weighted by atomic mass is 10.1. The highest BCUT2D eigenvalue weighted by molar-refractivity contribution is 7.80. The zero-order valence-corrected chi connectivity index (χ0v) is 18.9. The molecule has 0 spiro atoms. The summed E-state index contributed by atoms with van der Waals surface area (Å²) >= 11 is 4.70. The van der Waals surface area contributed by atoms with Crippen LogP contribution in [0.2, 0.25) is 0 Å². The summed E-state index contributed by atoms with van der Waals surface area (Å²) in [6.45, 7) is 22.0. The Balaban J connectivity index is 0.00000326. The summed E-state index contributed by atoms with van der Waals surface area (Å²) in [6, 6.07) is 4.17. The lowest BCUT2D eigenvalue weighted by molar-refractivity contribution is 0.432. The molecule has 0 aliphatic carbocycles. The summed E-state index contributed by atoms with van der Waals surface area (Å²) in [5, 5.41) is 0. The highest BCUT2D eigenvalue weighted by Gasteiger charge is 2.17. The molecule has 0 unspecified atom stereocenters. The molecular weight excluding hydrogens is 350 g/mol. The van der Waals surface area contributed by atoms with Gasteiger partial charge in [0.1, 0.15) is 5.76 Å². The third-order valence-corrected chi connectivity index (χ3v) is 4.28. The smallest absolute Gasteiger partial charge is 0.164 e. The second-order valence-corrected chi connectivity index (χ2v) is 6.43. The maximum Gasteiger partial charge on any atom is 0.164 e. The van der Waals surface area contributed by atoms with Crippen molar-refractivity contribution in [3.63, 3.8) is 0 Å². The Labute approximate surface area is 172 Å². The van der Waals surface area contributed by atoms with Crippen molar-refractivity contribution in [1.82, 2.24) is 0 Å². The fourth-order valence-corrected chi connectivity index (χ4v) is 2.75. The highest BCUT2D eigenvalue weighted by Crippen LogP contribution is 2.39. The SMILES string of the molecule is C=C/C=C\C(=C/C)Oc1c(S)cc(C(=C)C)cc1N(CC)CCCC.CC. The van der Waals surface area contributed by atoms with Crippen molar-refractivity contribution in [3.8, 4) is 5.75 Å². The normalized spacial score (nSPS) is 11.0. The molecule has 1 aromatic carbocycles. The van der Waals surface area contributed by atoms with Crippen molar-refractivity contribution in [1.29, 1.82) is 0 Å². The van der Waals surface area contributed by atoms with Gasteiger partial charge in [0.2, 0.25) is 0 Å². The van der Waals surface area contributed by atoms with Crippen molar-refractivity contribution in [2.75, 3.05) is 18.0 Å². The first-order chi connectivity index (χ1) is 13.0. The van der Waals surface area contributed by atoms with Crippen LogP contribution in [-0.2, 0) is 0 Å². The predicted molar refractivity (Wildman–Crippen MR) is 126 cm³/mol. The average molecular weight is 388 g/mol. The van der Waals surface area contributed by atoms with Crippen LogP contribution in [0, 0.1) is 0 Å². The van der Waals surface area contributed by atoms with Crippen LogP contribution in [0.1, 0.15) is 59.9 Å². The minimum absolute atomic E-state index is 0.770. The van der Waals surface area contributed by atoms with Gasteiger partial charge in [-0.2, -0.15) is 0 Å². The molecular formula is C24H37NOS. The van der Waals surface area contributed by atoms with Gasteiger partial charge in [0, 0.05) is 18.0 Å². The molecule has 0 amide bonds. The minimum atomic E-state index is 0.770. The Kier molecular flexibility index (Phi) is 13.2. The first-order valence-electron chi connectivity index (χ1n) is 9.89. The first kappa shape index (κ1) is 25.1. The van der Waals surface area contributed by atoms with Gasteiger partial charge in [-0.15, -0.1) is 12.6 Å². The van der Waals surface area contributed by atoms with Gasteiger partial charge in [-0.25, -0.2) is 0 Å². The van der Waals surface area contributed by atoms with Crippen LogP contribution in [0.15, 0.2) is 60.2 Å². The fourth-order valence-electron chi connectivity index (χ4n) is 2.45. The largest absolute Gasteiger partial charge is 0.454 e. The van der Waals surface area contributed by atoms with Crippen LogP contribution in [0.5, 0.6) is 5.75 Å². The molecule has 0 heterocycles. The second kappa shape index (κ2) is 14.2. The van der Waals surface area contributed by atoms with Crippen molar-refractivity contribution in [2.45, 2.75) is 59.3 Å². The van der Waals surface area contributed by atoms with Crippen molar-refractivity contribution in [3.05, 3.63) is 60.9 Å². The van der Waals surface area contributed by atoms with E-state index in [1.165, 1.54) is 0 Å². The summed E-state index contributed by atoms with van der Waals surface area (Å²) in [5.74, 6) is 1.55. The fraction of sp³-hybridized carbons (Fsp3) is 0.417. The third-order valence-electron chi connectivity index (χ3n) is 3.95. The molecule has 0 bridgehead atoms. The van der Waals surface area contributed by atoms with Crippen molar-refractivity contribution < 1.29 is 4.74 Å². The molecule has 0 N–H and O–H groups in total.